The normalized spacial score (nSPS) is 15.9. The number of carboxylic acids is 1. The molecule has 1 aromatic rings. The van der Waals surface area contributed by atoms with E-state index in [0.717, 1.165) is 19.2 Å². The minimum Gasteiger partial charge on any atom is -0.478 e. The van der Waals surface area contributed by atoms with E-state index in [-0.39, 0.29) is 17.2 Å². The lowest BCUT2D eigenvalue weighted by Crippen LogP contribution is -2.36. The van der Waals surface area contributed by atoms with Crippen molar-refractivity contribution in [2.45, 2.75) is 45.4 Å². The minimum absolute atomic E-state index is 0.0208. The largest absolute Gasteiger partial charge is 0.478 e. The van der Waals surface area contributed by atoms with Gasteiger partial charge in [-0.05, 0) is 25.2 Å². The molecule has 1 fully saturated rings. The van der Waals surface area contributed by atoms with Gasteiger partial charge in [-0.15, -0.1) is 0 Å². The van der Waals surface area contributed by atoms with Crippen LogP contribution in [-0.4, -0.2) is 35.0 Å². The summed E-state index contributed by atoms with van der Waals surface area (Å²) < 4.78 is 5.13. The zero-order chi connectivity index (χ0) is 15.2. The number of carbonyl (C=O) groups is 2. The van der Waals surface area contributed by atoms with Gasteiger partial charge in [0, 0.05) is 19.2 Å². The molecule has 1 N–H and O–H groups in total. The second-order valence-corrected chi connectivity index (χ2v) is 5.76. The topological polar surface area (TPSA) is 70.8 Å². The Balaban J connectivity index is 2.04. The molecule has 0 aliphatic heterocycles. The van der Waals surface area contributed by atoms with Gasteiger partial charge in [0.15, 0.2) is 5.76 Å². The lowest BCUT2D eigenvalue weighted by Gasteiger charge is -2.29. The summed E-state index contributed by atoms with van der Waals surface area (Å²) in [6.45, 7) is 3.46. The summed E-state index contributed by atoms with van der Waals surface area (Å²) in [7, 11) is 0. The molecule has 0 radical (unpaired) electrons. The number of rotatable bonds is 6. The van der Waals surface area contributed by atoms with Crippen molar-refractivity contribution in [3.05, 3.63) is 23.7 Å². The van der Waals surface area contributed by atoms with Gasteiger partial charge in [0.2, 0.25) is 0 Å². The Bertz CT molecular complexity index is 488. The van der Waals surface area contributed by atoms with Crippen LogP contribution < -0.4 is 0 Å². The number of hydrogen-bond donors (Lipinski definition) is 1. The van der Waals surface area contributed by atoms with Crippen LogP contribution in [0.1, 0.15) is 66.4 Å². The summed E-state index contributed by atoms with van der Waals surface area (Å²) in [4.78, 5) is 25.2. The van der Waals surface area contributed by atoms with Gasteiger partial charge in [-0.25, -0.2) is 4.79 Å². The number of nitrogens with zero attached hydrogens (tertiary/aromatic N) is 1. The smallest absolute Gasteiger partial charge is 0.338 e. The third kappa shape index (κ3) is 4.09. The quantitative estimate of drug-likeness (QED) is 0.872. The molecule has 1 amide bonds. The summed E-state index contributed by atoms with van der Waals surface area (Å²) in [6, 6.07) is 1.31. The Morgan fingerprint density at radius 1 is 1.33 bits per heavy atom. The second-order valence-electron chi connectivity index (χ2n) is 5.76. The Morgan fingerprint density at radius 2 is 2.05 bits per heavy atom. The van der Waals surface area contributed by atoms with Gasteiger partial charge in [-0.2, -0.15) is 0 Å². The van der Waals surface area contributed by atoms with Gasteiger partial charge in [0.1, 0.15) is 6.26 Å². The maximum atomic E-state index is 12.5. The fourth-order valence-corrected chi connectivity index (χ4v) is 2.94. The SMILES string of the molecule is CCCN(CC1CCCCC1)C(=O)c1cc(C(=O)O)co1. The summed E-state index contributed by atoms with van der Waals surface area (Å²) >= 11 is 0. The second kappa shape index (κ2) is 7.29. The predicted octanol–water partition coefficient (Wildman–Crippen LogP) is 3.41. The fraction of sp³-hybridized carbons (Fsp3) is 0.625. The molecule has 116 valence electrons. The van der Waals surface area contributed by atoms with Gasteiger partial charge in [-0.3, -0.25) is 4.79 Å². The van der Waals surface area contributed by atoms with Crippen LogP contribution >= 0.6 is 0 Å². The van der Waals surface area contributed by atoms with Crippen molar-refractivity contribution >= 4 is 11.9 Å². The zero-order valence-electron chi connectivity index (χ0n) is 12.5. The van der Waals surface area contributed by atoms with Crippen molar-refractivity contribution in [3.8, 4) is 0 Å². The summed E-state index contributed by atoms with van der Waals surface area (Å²) in [5.74, 6) is -0.595. The first-order valence-corrected chi connectivity index (χ1v) is 7.73. The first-order chi connectivity index (χ1) is 10.1. The van der Waals surface area contributed by atoms with Gasteiger partial charge in [-0.1, -0.05) is 26.2 Å². The van der Waals surface area contributed by atoms with Crippen molar-refractivity contribution in [1.82, 2.24) is 4.90 Å². The van der Waals surface area contributed by atoms with Crippen LogP contribution in [0.3, 0.4) is 0 Å². The number of furan rings is 1. The fourth-order valence-electron chi connectivity index (χ4n) is 2.94. The maximum absolute atomic E-state index is 12.5. The monoisotopic (exact) mass is 293 g/mol. The van der Waals surface area contributed by atoms with Crippen molar-refractivity contribution in [3.63, 3.8) is 0 Å². The highest BCUT2D eigenvalue weighted by atomic mass is 16.4. The van der Waals surface area contributed by atoms with E-state index < -0.39 is 5.97 Å². The highest BCUT2D eigenvalue weighted by Crippen LogP contribution is 2.25. The lowest BCUT2D eigenvalue weighted by atomic mass is 9.89. The molecular formula is C16H23NO4. The number of amides is 1. The molecule has 0 bridgehead atoms. The van der Waals surface area contributed by atoms with E-state index in [9.17, 15) is 9.59 Å². The van der Waals surface area contributed by atoms with Crippen LogP contribution in [0.4, 0.5) is 0 Å². The lowest BCUT2D eigenvalue weighted by molar-refractivity contribution is 0.0678. The minimum atomic E-state index is -1.08. The molecule has 1 heterocycles. The van der Waals surface area contributed by atoms with Crippen molar-refractivity contribution in [2.75, 3.05) is 13.1 Å². The Hall–Kier alpha value is -1.78. The van der Waals surface area contributed by atoms with Crippen molar-refractivity contribution < 1.29 is 19.1 Å². The van der Waals surface area contributed by atoms with Gasteiger partial charge in [0.05, 0.1) is 5.56 Å². The van der Waals surface area contributed by atoms with Crippen molar-refractivity contribution in [1.29, 1.82) is 0 Å². The summed E-state index contributed by atoms with van der Waals surface area (Å²) in [5, 5.41) is 8.90. The molecule has 2 rings (SSSR count). The third-order valence-electron chi connectivity index (χ3n) is 4.04. The molecule has 0 aromatic carbocycles. The molecule has 0 atom stereocenters. The highest BCUT2D eigenvalue weighted by Gasteiger charge is 2.24. The third-order valence-corrected chi connectivity index (χ3v) is 4.04. The molecule has 21 heavy (non-hydrogen) atoms. The molecule has 0 unspecified atom stereocenters. The average molecular weight is 293 g/mol. The average Bonchev–Trinajstić information content (AvgIpc) is 2.97. The molecule has 1 aliphatic carbocycles. The van der Waals surface area contributed by atoms with Crippen LogP contribution in [0.5, 0.6) is 0 Å². The molecule has 1 aromatic heterocycles. The molecule has 5 nitrogen and oxygen atoms in total. The van der Waals surface area contributed by atoms with E-state index >= 15 is 0 Å². The Kier molecular flexibility index (Phi) is 5.42. The van der Waals surface area contributed by atoms with Crippen LogP contribution in [0.2, 0.25) is 0 Å². The molecule has 0 spiro atoms. The molecular weight excluding hydrogens is 270 g/mol. The van der Waals surface area contributed by atoms with Crippen molar-refractivity contribution in [2.24, 2.45) is 5.92 Å². The number of carbonyl (C=O) groups excluding carboxylic acids is 1. The predicted molar refractivity (Wildman–Crippen MR) is 78.4 cm³/mol. The number of aromatic carboxylic acids is 1. The van der Waals surface area contributed by atoms with E-state index in [2.05, 4.69) is 0 Å². The van der Waals surface area contributed by atoms with Crippen LogP contribution in [0.15, 0.2) is 16.7 Å². The van der Waals surface area contributed by atoms with Crippen LogP contribution in [0, 0.1) is 5.92 Å². The Labute approximate surface area is 124 Å². The first kappa shape index (κ1) is 15.6. The van der Waals surface area contributed by atoms with Gasteiger partial charge < -0.3 is 14.4 Å². The molecule has 5 heteroatoms. The van der Waals surface area contributed by atoms with E-state index in [4.69, 9.17) is 9.52 Å². The number of carboxylic acid groups (broad SMARTS) is 1. The van der Waals surface area contributed by atoms with E-state index in [1.807, 2.05) is 6.92 Å². The summed E-state index contributed by atoms with van der Waals surface area (Å²) in [6.07, 6.45) is 8.12. The standard InChI is InChI=1S/C16H23NO4/c1-2-8-17(10-12-6-4-3-5-7-12)15(18)14-9-13(11-21-14)16(19)20/h9,11-12H,2-8,10H2,1H3,(H,19,20). The van der Waals surface area contributed by atoms with Gasteiger partial charge >= 0.3 is 5.97 Å². The van der Waals surface area contributed by atoms with Crippen LogP contribution in [-0.2, 0) is 0 Å². The highest BCUT2D eigenvalue weighted by molar-refractivity contribution is 5.95. The molecule has 1 aliphatic rings. The van der Waals surface area contributed by atoms with E-state index in [1.54, 1.807) is 4.90 Å². The maximum Gasteiger partial charge on any atom is 0.338 e. The van der Waals surface area contributed by atoms with Crippen LogP contribution in [0.25, 0.3) is 0 Å². The van der Waals surface area contributed by atoms with E-state index in [1.165, 1.54) is 38.2 Å². The zero-order valence-corrected chi connectivity index (χ0v) is 12.5. The Morgan fingerprint density at radius 3 is 2.62 bits per heavy atom. The summed E-state index contributed by atoms with van der Waals surface area (Å²) in [5.41, 5.74) is 0.0208. The molecule has 1 saturated carbocycles. The number of hydrogen-bond acceptors (Lipinski definition) is 3. The first-order valence-electron chi connectivity index (χ1n) is 7.73. The van der Waals surface area contributed by atoms with Gasteiger partial charge in [0.25, 0.3) is 5.91 Å². The molecule has 0 saturated heterocycles. The van der Waals surface area contributed by atoms with E-state index in [0.29, 0.717) is 12.5 Å².